The van der Waals surface area contributed by atoms with E-state index < -0.39 is 22.8 Å². The van der Waals surface area contributed by atoms with Crippen molar-refractivity contribution < 1.29 is 15.0 Å². The highest BCUT2D eigenvalue weighted by Crippen LogP contribution is 2.29. The topological polar surface area (TPSA) is 79.5 Å². The first-order valence-corrected chi connectivity index (χ1v) is 4.94. The highest BCUT2D eigenvalue weighted by Gasteiger charge is 2.20. The molecule has 0 aliphatic rings. The van der Waals surface area contributed by atoms with Crippen LogP contribution in [-0.2, 0) is 7.05 Å². The standard InChI is InChI=1S/C9H7NO4S/c1-10-7(12)5(9(13)14)6(11)4-2-3-15-8(4)10/h2-3,11H,1H3,(H,13,14). The molecule has 0 bridgehead atoms. The van der Waals surface area contributed by atoms with Crippen molar-refractivity contribution >= 4 is 27.5 Å². The Hall–Kier alpha value is -1.82. The smallest absolute Gasteiger partial charge is 0.345 e. The molecule has 2 aromatic heterocycles. The minimum atomic E-state index is -1.42. The normalized spacial score (nSPS) is 10.7. The summed E-state index contributed by atoms with van der Waals surface area (Å²) < 4.78 is 1.23. The highest BCUT2D eigenvalue weighted by atomic mass is 32.1. The number of nitrogens with zero attached hydrogens (tertiary/aromatic N) is 1. The van der Waals surface area contributed by atoms with Gasteiger partial charge in [-0.05, 0) is 11.4 Å². The molecule has 0 spiro atoms. The summed E-state index contributed by atoms with van der Waals surface area (Å²) in [5.74, 6) is -1.87. The molecule has 0 atom stereocenters. The fourth-order valence-corrected chi connectivity index (χ4v) is 2.30. The molecular formula is C9H7NO4S. The van der Waals surface area contributed by atoms with Crippen LogP contribution in [0.25, 0.3) is 10.2 Å². The molecule has 0 amide bonds. The maximum atomic E-state index is 11.6. The number of fused-ring (bicyclic) bond motifs is 1. The maximum Gasteiger partial charge on any atom is 0.345 e. The second kappa shape index (κ2) is 3.09. The van der Waals surface area contributed by atoms with Crippen LogP contribution in [-0.4, -0.2) is 20.7 Å². The van der Waals surface area contributed by atoms with Gasteiger partial charge in [0.1, 0.15) is 10.6 Å². The molecular weight excluding hydrogens is 218 g/mol. The van der Waals surface area contributed by atoms with Crippen molar-refractivity contribution in [1.82, 2.24) is 4.57 Å². The molecule has 0 fully saturated rings. The van der Waals surface area contributed by atoms with Gasteiger partial charge < -0.3 is 14.8 Å². The molecule has 0 aliphatic carbocycles. The van der Waals surface area contributed by atoms with Crippen LogP contribution in [0.2, 0.25) is 0 Å². The van der Waals surface area contributed by atoms with E-state index in [1.807, 2.05) is 0 Å². The van der Waals surface area contributed by atoms with Gasteiger partial charge in [-0.2, -0.15) is 0 Å². The number of pyridine rings is 1. The molecule has 0 unspecified atom stereocenters. The van der Waals surface area contributed by atoms with Crippen LogP contribution in [0.3, 0.4) is 0 Å². The number of carboxylic acids is 1. The Morgan fingerprint density at radius 2 is 2.20 bits per heavy atom. The van der Waals surface area contributed by atoms with Crippen LogP contribution in [0.1, 0.15) is 10.4 Å². The van der Waals surface area contributed by atoms with Crippen LogP contribution in [0.4, 0.5) is 0 Å². The average molecular weight is 225 g/mol. The number of aryl methyl sites for hydroxylation is 1. The van der Waals surface area contributed by atoms with E-state index in [0.29, 0.717) is 10.2 Å². The van der Waals surface area contributed by atoms with E-state index >= 15 is 0 Å². The first-order valence-electron chi connectivity index (χ1n) is 4.06. The lowest BCUT2D eigenvalue weighted by atomic mass is 10.2. The maximum absolute atomic E-state index is 11.6. The van der Waals surface area contributed by atoms with Crippen LogP contribution in [0.15, 0.2) is 16.2 Å². The van der Waals surface area contributed by atoms with Gasteiger partial charge in [-0.25, -0.2) is 4.79 Å². The van der Waals surface area contributed by atoms with E-state index in [1.54, 1.807) is 11.4 Å². The van der Waals surface area contributed by atoms with E-state index in [9.17, 15) is 14.7 Å². The van der Waals surface area contributed by atoms with Crippen LogP contribution < -0.4 is 5.56 Å². The highest BCUT2D eigenvalue weighted by molar-refractivity contribution is 7.16. The predicted octanol–water partition coefficient (Wildman–Crippen LogP) is 1.00. The number of aromatic nitrogens is 1. The molecule has 2 aromatic rings. The summed E-state index contributed by atoms with van der Waals surface area (Å²) in [6.07, 6.45) is 0. The number of carbonyl (C=O) groups is 1. The van der Waals surface area contributed by atoms with Gasteiger partial charge in [0.05, 0.1) is 5.39 Å². The lowest BCUT2D eigenvalue weighted by Crippen LogP contribution is -2.24. The largest absolute Gasteiger partial charge is 0.506 e. The van der Waals surface area contributed by atoms with Crippen molar-refractivity contribution in [3.05, 3.63) is 27.4 Å². The molecule has 5 nitrogen and oxygen atoms in total. The molecule has 0 saturated carbocycles. The van der Waals surface area contributed by atoms with E-state index in [0.717, 1.165) is 0 Å². The second-order valence-corrected chi connectivity index (χ2v) is 3.93. The fraction of sp³-hybridized carbons (Fsp3) is 0.111. The number of thiophene rings is 1. The lowest BCUT2D eigenvalue weighted by Gasteiger charge is -2.04. The predicted molar refractivity (Wildman–Crippen MR) is 55.7 cm³/mol. The Balaban J connectivity index is 3.05. The minimum absolute atomic E-state index is 0.388. The number of hydrogen-bond acceptors (Lipinski definition) is 4. The van der Waals surface area contributed by atoms with E-state index in [2.05, 4.69) is 0 Å². The molecule has 2 rings (SSSR count). The van der Waals surface area contributed by atoms with Gasteiger partial charge in [0, 0.05) is 7.05 Å². The van der Waals surface area contributed by atoms with Crippen LogP contribution in [0, 0.1) is 0 Å². The summed E-state index contributed by atoms with van der Waals surface area (Å²) in [4.78, 5) is 22.9. The molecule has 2 heterocycles. The molecule has 15 heavy (non-hydrogen) atoms. The molecule has 0 aromatic carbocycles. The Bertz CT molecular complexity index is 610. The average Bonchev–Trinajstić information content (AvgIpc) is 2.62. The van der Waals surface area contributed by atoms with E-state index in [4.69, 9.17) is 5.11 Å². The Kier molecular flexibility index (Phi) is 2.01. The van der Waals surface area contributed by atoms with Gasteiger partial charge in [0.25, 0.3) is 5.56 Å². The summed E-state index contributed by atoms with van der Waals surface area (Å²) in [7, 11) is 1.48. The monoisotopic (exact) mass is 225 g/mol. The van der Waals surface area contributed by atoms with Crippen molar-refractivity contribution in [2.75, 3.05) is 0 Å². The number of hydrogen-bond donors (Lipinski definition) is 2. The molecule has 0 radical (unpaired) electrons. The van der Waals surface area contributed by atoms with Crippen molar-refractivity contribution in [3.63, 3.8) is 0 Å². The third kappa shape index (κ3) is 1.22. The third-order valence-corrected chi connectivity index (χ3v) is 3.16. The molecule has 6 heteroatoms. The minimum Gasteiger partial charge on any atom is -0.506 e. The second-order valence-electron chi connectivity index (χ2n) is 3.03. The Labute approximate surface area is 87.8 Å². The summed E-state index contributed by atoms with van der Waals surface area (Å²) >= 11 is 1.27. The number of aromatic hydroxyl groups is 1. The Morgan fingerprint density at radius 1 is 1.53 bits per heavy atom. The number of aromatic carboxylic acids is 1. The first-order chi connectivity index (χ1) is 7.04. The van der Waals surface area contributed by atoms with E-state index in [-0.39, 0.29) is 0 Å². The van der Waals surface area contributed by atoms with Crippen molar-refractivity contribution in [2.24, 2.45) is 7.05 Å². The summed E-state index contributed by atoms with van der Waals surface area (Å²) in [6.45, 7) is 0. The van der Waals surface area contributed by atoms with Crippen LogP contribution in [0.5, 0.6) is 5.75 Å². The van der Waals surface area contributed by atoms with Crippen molar-refractivity contribution in [1.29, 1.82) is 0 Å². The van der Waals surface area contributed by atoms with Gasteiger partial charge in [-0.1, -0.05) is 0 Å². The van der Waals surface area contributed by atoms with Crippen LogP contribution >= 0.6 is 11.3 Å². The quantitative estimate of drug-likeness (QED) is 0.758. The first kappa shape index (κ1) is 9.72. The van der Waals surface area contributed by atoms with Crippen molar-refractivity contribution in [3.8, 4) is 5.75 Å². The molecule has 78 valence electrons. The summed E-state index contributed by atoms with van der Waals surface area (Å²) in [5.41, 5.74) is -1.28. The lowest BCUT2D eigenvalue weighted by molar-refractivity contribution is 0.0691. The van der Waals surface area contributed by atoms with Gasteiger partial charge in [0.15, 0.2) is 5.56 Å². The van der Waals surface area contributed by atoms with Gasteiger partial charge >= 0.3 is 5.97 Å². The zero-order chi connectivity index (χ0) is 11.2. The number of carboxylic acid groups (broad SMARTS) is 1. The zero-order valence-electron chi connectivity index (χ0n) is 7.72. The Morgan fingerprint density at radius 3 is 2.80 bits per heavy atom. The van der Waals surface area contributed by atoms with Gasteiger partial charge in [-0.15, -0.1) is 11.3 Å². The van der Waals surface area contributed by atoms with Crippen molar-refractivity contribution in [2.45, 2.75) is 0 Å². The summed E-state index contributed by atoms with van der Waals surface area (Å²) in [5, 5.41) is 20.5. The zero-order valence-corrected chi connectivity index (χ0v) is 8.54. The van der Waals surface area contributed by atoms with E-state index in [1.165, 1.54) is 23.0 Å². The number of rotatable bonds is 1. The summed E-state index contributed by atoms with van der Waals surface area (Å²) in [6, 6.07) is 1.58. The van der Waals surface area contributed by atoms with Gasteiger partial charge in [0.2, 0.25) is 0 Å². The fourth-order valence-electron chi connectivity index (χ4n) is 1.43. The third-order valence-electron chi connectivity index (χ3n) is 2.17. The SMILES string of the molecule is Cn1c(=O)c(C(=O)O)c(O)c2ccsc21. The molecule has 0 aliphatic heterocycles. The van der Waals surface area contributed by atoms with Gasteiger partial charge in [-0.3, -0.25) is 4.79 Å². The molecule has 2 N–H and O–H groups in total. The molecule has 0 saturated heterocycles.